The number of aryl methyl sites for hydroxylation is 2. The van der Waals surface area contributed by atoms with Crippen molar-refractivity contribution in [2.45, 2.75) is 46.5 Å². The first-order valence-electron chi connectivity index (χ1n) is 6.11. The van der Waals surface area contributed by atoms with Crippen LogP contribution in [0.5, 0.6) is 0 Å². The fourth-order valence-corrected chi connectivity index (χ4v) is 2.33. The van der Waals surface area contributed by atoms with E-state index in [1.165, 1.54) is 22.2 Å². The summed E-state index contributed by atoms with van der Waals surface area (Å²) in [6.45, 7) is 8.82. The highest BCUT2D eigenvalue weighted by Gasteiger charge is 2.12. The Balaban J connectivity index is 2.62. The van der Waals surface area contributed by atoms with Crippen molar-refractivity contribution >= 4 is 11.0 Å². The lowest BCUT2D eigenvalue weighted by atomic mass is 9.96. The van der Waals surface area contributed by atoms with Gasteiger partial charge in [-0.05, 0) is 36.5 Å². The molecule has 2 heteroatoms. The number of aromatic nitrogens is 2. The Morgan fingerprint density at radius 3 is 2.69 bits per heavy atom. The average molecular weight is 216 g/mol. The summed E-state index contributed by atoms with van der Waals surface area (Å²) in [5.74, 6) is 1.64. The number of aromatic amines is 1. The maximum Gasteiger partial charge on any atom is 0.107 e. The fraction of sp³-hybridized carbons (Fsp3) is 0.500. The van der Waals surface area contributed by atoms with Crippen LogP contribution in [0.2, 0.25) is 0 Å². The Hall–Kier alpha value is -1.31. The monoisotopic (exact) mass is 216 g/mol. The lowest BCUT2D eigenvalue weighted by molar-refractivity contribution is 0.851. The second-order valence-corrected chi connectivity index (χ2v) is 4.78. The van der Waals surface area contributed by atoms with Crippen molar-refractivity contribution in [2.24, 2.45) is 0 Å². The SMILES string of the molecule is CCCc1nc2c(C(C)C)c(C)ccc2[nH]1. The standard InChI is InChI=1S/C14H20N2/c1-5-6-12-15-11-8-7-10(4)13(9(2)3)14(11)16-12/h7-9H,5-6H2,1-4H3,(H,15,16). The quantitative estimate of drug-likeness (QED) is 0.827. The molecule has 0 aliphatic rings. The summed E-state index contributed by atoms with van der Waals surface area (Å²) >= 11 is 0. The van der Waals surface area contributed by atoms with Crippen molar-refractivity contribution in [3.8, 4) is 0 Å². The summed E-state index contributed by atoms with van der Waals surface area (Å²) < 4.78 is 0. The van der Waals surface area contributed by atoms with E-state index in [-0.39, 0.29) is 0 Å². The zero-order chi connectivity index (χ0) is 11.7. The molecule has 0 aliphatic carbocycles. The van der Waals surface area contributed by atoms with Gasteiger partial charge in [0.15, 0.2) is 0 Å². The molecule has 0 saturated heterocycles. The van der Waals surface area contributed by atoms with E-state index < -0.39 is 0 Å². The van der Waals surface area contributed by atoms with E-state index in [9.17, 15) is 0 Å². The highest BCUT2D eigenvalue weighted by Crippen LogP contribution is 2.27. The molecule has 0 radical (unpaired) electrons. The van der Waals surface area contributed by atoms with Crippen LogP contribution in [0.1, 0.15) is 50.1 Å². The number of hydrogen-bond donors (Lipinski definition) is 1. The summed E-state index contributed by atoms with van der Waals surface area (Å²) in [5, 5.41) is 0. The van der Waals surface area contributed by atoms with Gasteiger partial charge in [-0.15, -0.1) is 0 Å². The molecule has 1 heterocycles. The molecular weight excluding hydrogens is 196 g/mol. The second-order valence-electron chi connectivity index (χ2n) is 4.78. The molecule has 0 bridgehead atoms. The first-order chi connectivity index (χ1) is 7.63. The first kappa shape index (κ1) is 11.2. The van der Waals surface area contributed by atoms with Crippen molar-refractivity contribution in [1.82, 2.24) is 9.97 Å². The summed E-state index contributed by atoms with van der Waals surface area (Å²) in [4.78, 5) is 8.14. The molecule has 86 valence electrons. The van der Waals surface area contributed by atoms with Crippen LogP contribution < -0.4 is 0 Å². The van der Waals surface area contributed by atoms with E-state index in [0.717, 1.165) is 18.7 Å². The van der Waals surface area contributed by atoms with Crippen LogP contribution >= 0.6 is 0 Å². The predicted octanol–water partition coefficient (Wildman–Crippen LogP) is 3.95. The minimum absolute atomic E-state index is 0.529. The third-order valence-electron chi connectivity index (χ3n) is 3.02. The van der Waals surface area contributed by atoms with E-state index in [4.69, 9.17) is 4.98 Å². The second kappa shape index (κ2) is 4.28. The lowest BCUT2D eigenvalue weighted by Crippen LogP contribution is -1.93. The van der Waals surface area contributed by atoms with Gasteiger partial charge >= 0.3 is 0 Å². The normalized spacial score (nSPS) is 11.6. The predicted molar refractivity (Wildman–Crippen MR) is 68.9 cm³/mol. The zero-order valence-corrected chi connectivity index (χ0v) is 10.6. The van der Waals surface area contributed by atoms with Gasteiger partial charge in [0.25, 0.3) is 0 Å². The van der Waals surface area contributed by atoms with E-state index >= 15 is 0 Å². The number of rotatable bonds is 3. The van der Waals surface area contributed by atoms with Gasteiger partial charge in [0.1, 0.15) is 5.82 Å². The van der Waals surface area contributed by atoms with Gasteiger partial charge in [0.05, 0.1) is 11.0 Å². The van der Waals surface area contributed by atoms with Gasteiger partial charge < -0.3 is 4.98 Å². The van der Waals surface area contributed by atoms with Crippen LogP contribution in [0.4, 0.5) is 0 Å². The Bertz CT molecular complexity index is 495. The van der Waals surface area contributed by atoms with Crippen molar-refractivity contribution in [3.05, 3.63) is 29.1 Å². The lowest BCUT2D eigenvalue weighted by Gasteiger charge is -2.09. The molecule has 0 spiro atoms. The van der Waals surface area contributed by atoms with Crippen molar-refractivity contribution < 1.29 is 0 Å². The summed E-state index contributed by atoms with van der Waals surface area (Å²) in [6.07, 6.45) is 2.17. The van der Waals surface area contributed by atoms with Gasteiger partial charge in [-0.2, -0.15) is 0 Å². The average Bonchev–Trinajstić information content (AvgIpc) is 2.59. The fourth-order valence-electron chi connectivity index (χ4n) is 2.33. The van der Waals surface area contributed by atoms with Gasteiger partial charge in [-0.25, -0.2) is 4.98 Å². The van der Waals surface area contributed by atoms with E-state index in [1.54, 1.807) is 0 Å². The molecule has 0 fully saturated rings. The summed E-state index contributed by atoms with van der Waals surface area (Å²) in [6, 6.07) is 4.33. The molecule has 2 nitrogen and oxygen atoms in total. The summed E-state index contributed by atoms with van der Waals surface area (Å²) in [5.41, 5.74) is 5.07. The number of imidazole rings is 1. The van der Waals surface area contributed by atoms with Crippen LogP contribution in [-0.4, -0.2) is 9.97 Å². The number of benzene rings is 1. The van der Waals surface area contributed by atoms with E-state index in [1.807, 2.05) is 0 Å². The van der Waals surface area contributed by atoms with Gasteiger partial charge in [-0.1, -0.05) is 26.8 Å². The smallest absolute Gasteiger partial charge is 0.107 e. The molecule has 0 unspecified atom stereocenters. The highest BCUT2D eigenvalue weighted by atomic mass is 14.9. The van der Waals surface area contributed by atoms with Crippen molar-refractivity contribution in [3.63, 3.8) is 0 Å². The first-order valence-corrected chi connectivity index (χ1v) is 6.11. The zero-order valence-electron chi connectivity index (χ0n) is 10.6. The number of hydrogen-bond acceptors (Lipinski definition) is 1. The third-order valence-corrected chi connectivity index (χ3v) is 3.02. The largest absolute Gasteiger partial charge is 0.342 e. The van der Waals surface area contributed by atoms with Crippen LogP contribution in [0.15, 0.2) is 12.1 Å². The maximum absolute atomic E-state index is 4.73. The molecule has 2 aromatic rings. The van der Waals surface area contributed by atoms with Crippen molar-refractivity contribution in [2.75, 3.05) is 0 Å². The molecule has 1 aromatic carbocycles. The number of H-pyrrole nitrogens is 1. The van der Waals surface area contributed by atoms with Gasteiger partial charge in [0, 0.05) is 6.42 Å². The molecular formula is C14H20N2. The van der Waals surface area contributed by atoms with Crippen LogP contribution in [0, 0.1) is 6.92 Å². The van der Waals surface area contributed by atoms with Crippen LogP contribution in [-0.2, 0) is 6.42 Å². The molecule has 0 amide bonds. The molecule has 1 aromatic heterocycles. The maximum atomic E-state index is 4.73. The Labute approximate surface area is 97.1 Å². The van der Waals surface area contributed by atoms with E-state index in [2.05, 4.69) is 44.8 Å². The molecule has 1 N–H and O–H groups in total. The van der Waals surface area contributed by atoms with Crippen molar-refractivity contribution in [1.29, 1.82) is 0 Å². The molecule has 16 heavy (non-hydrogen) atoms. The molecule has 0 saturated carbocycles. The minimum atomic E-state index is 0.529. The van der Waals surface area contributed by atoms with Gasteiger partial charge in [0.2, 0.25) is 0 Å². The minimum Gasteiger partial charge on any atom is -0.342 e. The Morgan fingerprint density at radius 1 is 1.31 bits per heavy atom. The number of nitrogens with one attached hydrogen (secondary N) is 1. The molecule has 2 rings (SSSR count). The Kier molecular flexibility index (Phi) is 2.99. The molecule has 0 atom stereocenters. The van der Waals surface area contributed by atoms with Gasteiger partial charge in [-0.3, -0.25) is 0 Å². The highest BCUT2D eigenvalue weighted by molar-refractivity contribution is 5.80. The number of nitrogens with zero attached hydrogens (tertiary/aromatic N) is 1. The third kappa shape index (κ3) is 1.84. The van der Waals surface area contributed by atoms with Crippen LogP contribution in [0.3, 0.4) is 0 Å². The summed E-state index contributed by atoms with van der Waals surface area (Å²) in [7, 11) is 0. The van der Waals surface area contributed by atoms with Crippen LogP contribution in [0.25, 0.3) is 11.0 Å². The van der Waals surface area contributed by atoms with E-state index in [0.29, 0.717) is 5.92 Å². The topological polar surface area (TPSA) is 28.7 Å². The number of fused-ring (bicyclic) bond motifs is 1. The molecule has 0 aliphatic heterocycles. The Morgan fingerprint density at radius 2 is 2.06 bits per heavy atom.